The Morgan fingerprint density at radius 1 is 0.900 bits per heavy atom. The molecule has 3 aromatic carbocycles. The van der Waals surface area contributed by atoms with Gasteiger partial charge >= 0.3 is 0 Å². The van der Waals surface area contributed by atoms with Crippen molar-refractivity contribution in [3.05, 3.63) is 114 Å². The third kappa shape index (κ3) is 6.08. The average molecular weight is 400 g/mol. The van der Waals surface area contributed by atoms with Gasteiger partial charge < -0.3 is 5.11 Å². The van der Waals surface area contributed by atoms with Crippen molar-refractivity contribution in [3.63, 3.8) is 0 Å². The molecule has 3 aromatic rings. The summed E-state index contributed by atoms with van der Waals surface area (Å²) in [6.45, 7) is 10.4. The van der Waals surface area contributed by atoms with Crippen molar-refractivity contribution in [2.45, 2.75) is 38.6 Å². The summed E-state index contributed by atoms with van der Waals surface area (Å²) in [5.41, 5.74) is 4.77. The minimum atomic E-state index is 0.156. The fraction of sp³-hybridized carbons (Fsp3) is 0.286. The maximum Gasteiger partial charge on any atom is 0.119 e. The lowest BCUT2D eigenvalue weighted by molar-refractivity contribution is 0.219. The number of hydrogen-bond acceptors (Lipinski definition) is 2. The van der Waals surface area contributed by atoms with Crippen molar-refractivity contribution in [2.75, 3.05) is 13.1 Å². The van der Waals surface area contributed by atoms with Gasteiger partial charge in [-0.15, -0.1) is 0 Å². The van der Waals surface area contributed by atoms with Crippen LogP contribution in [0.5, 0.6) is 5.75 Å². The van der Waals surface area contributed by atoms with Crippen LogP contribution in [-0.2, 0) is 6.42 Å². The largest absolute Gasteiger partial charge is 0.508 e. The van der Waals surface area contributed by atoms with Gasteiger partial charge in [-0.05, 0) is 50.4 Å². The Hall–Kier alpha value is -2.84. The highest BCUT2D eigenvalue weighted by Gasteiger charge is 2.21. The molecule has 2 nitrogen and oxygen atoms in total. The van der Waals surface area contributed by atoms with Crippen molar-refractivity contribution in [3.8, 4) is 5.75 Å². The molecule has 0 fully saturated rings. The number of nitrogens with zero attached hydrogens (tertiary/aromatic N) is 1. The molecule has 0 aromatic heterocycles. The fourth-order valence-corrected chi connectivity index (χ4v) is 4.15. The monoisotopic (exact) mass is 399 g/mol. The smallest absolute Gasteiger partial charge is 0.119 e. The molecular formula is C28H33NO. The van der Waals surface area contributed by atoms with Crippen LogP contribution in [0.15, 0.2) is 97.1 Å². The fourth-order valence-electron chi connectivity index (χ4n) is 4.15. The van der Waals surface area contributed by atoms with Crippen LogP contribution in [-0.4, -0.2) is 29.1 Å². The lowest BCUT2D eigenvalue weighted by Gasteiger charge is -2.31. The number of aromatic hydroxyl groups is 1. The third-order valence-electron chi connectivity index (χ3n) is 5.69. The van der Waals surface area contributed by atoms with E-state index >= 15 is 0 Å². The highest BCUT2D eigenvalue weighted by molar-refractivity contribution is 5.41. The second-order valence-corrected chi connectivity index (χ2v) is 8.28. The summed E-state index contributed by atoms with van der Waals surface area (Å²) in [5, 5.41) is 10.5. The zero-order valence-corrected chi connectivity index (χ0v) is 18.2. The highest BCUT2D eigenvalue weighted by Crippen LogP contribution is 2.34. The molecule has 0 heterocycles. The predicted molar refractivity (Wildman–Crippen MR) is 127 cm³/mol. The second kappa shape index (κ2) is 10.8. The molecule has 1 N–H and O–H groups in total. The first kappa shape index (κ1) is 21.9. The maximum absolute atomic E-state index is 10.5. The van der Waals surface area contributed by atoms with Crippen molar-refractivity contribution >= 4 is 0 Å². The number of phenolic OH excluding ortho intramolecular Hbond substituents is 1. The molecule has 0 amide bonds. The lowest BCUT2D eigenvalue weighted by atomic mass is 9.87. The normalized spacial score (nSPS) is 13.2. The molecule has 0 saturated heterocycles. The molecule has 0 spiro atoms. The minimum absolute atomic E-state index is 0.156. The van der Waals surface area contributed by atoms with E-state index in [1.54, 1.807) is 6.07 Å². The predicted octanol–water partition coefficient (Wildman–Crippen LogP) is 6.42. The molecule has 0 aliphatic heterocycles. The van der Waals surface area contributed by atoms with Gasteiger partial charge in [-0.1, -0.05) is 91.0 Å². The molecule has 30 heavy (non-hydrogen) atoms. The zero-order valence-electron chi connectivity index (χ0n) is 18.2. The van der Waals surface area contributed by atoms with Crippen LogP contribution in [0, 0.1) is 0 Å². The van der Waals surface area contributed by atoms with Crippen LogP contribution >= 0.6 is 0 Å². The van der Waals surface area contributed by atoms with Crippen molar-refractivity contribution < 1.29 is 5.11 Å². The van der Waals surface area contributed by atoms with Gasteiger partial charge in [-0.3, -0.25) is 4.90 Å². The molecule has 0 saturated carbocycles. The molecule has 156 valence electrons. The van der Waals surface area contributed by atoms with Crippen LogP contribution in [0.4, 0.5) is 0 Å². The second-order valence-electron chi connectivity index (χ2n) is 8.28. The van der Waals surface area contributed by atoms with E-state index in [1.807, 2.05) is 24.3 Å². The van der Waals surface area contributed by atoms with Gasteiger partial charge in [0.25, 0.3) is 0 Å². The zero-order chi connectivity index (χ0) is 21.3. The summed E-state index contributed by atoms with van der Waals surface area (Å²) in [6.07, 6.45) is 1.95. The van der Waals surface area contributed by atoms with Gasteiger partial charge in [0, 0.05) is 24.1 Å². The molecule has 0 radical (unpaired) electrons. The Labute approximate surface area is 181 Å². The standard InChI is InChI=1S/C28H33NO/c1-22(2)21-29(23(3)20-24-12-6-4-7-13-24)19-18-26(25-14-8-5-9-15-25)27-16-10-11-17-28(27)30/h4-17,23,26,30H,1,18-21H2,2-3H3. The number of rotatable bonds is 10. The topological polar surface area (TPSA) is 23.5 Å². The Bertz CT molecular complexity index is 920. The van der Waals surface area contributed by atoms with Crippen molar-refractivity contribution in [1.29, 1.82) is 0 Å². The van der Waals surface area contributed by atoms with Gasteiger partial charge in [-0.2, -0.15) is 0 Å². The molecule has 0 bridgehead atoms. The Balaban J connectivity index is 1.79. The highest BCUT2D eigenvalue weighted by atomic mass is 16.3. The lowest BCUT2D eigenvalue weighted by Crippen LogP contribution is -2.37. The van der Waals surface area contributed by atoms with E-state index in [1.165, 1.54) is 16.7 Å². The van der Waals surface area contributed by atoms with Gasteiger partial charge in [0.15, 0.2) is 0 Å². The molecule has 3 rings (SSSR count). The van der Waals surface area contributed by atoms with E-state index in [-0.39, 0.29) is 5.92 Å². The summed E-state index contributed by atoms with van der Waals surface area (Å²) in [5.74, 6) is 0.527. The van der Waals surface area contributed by atoms with Crippen molar-refractivity contribution in [2.24, 2.45) is 0 Å². The maximum atomic E-state index is 10.5. The van der Waals surface area contributed by atoms with Crippen LogP contribution < -0.4 is 0 Å². The van der Waals surface area contributed by atoms with Crippen LogP contribution in [0.25, 0.3) is 0 Å². The SMILES string of the molecule is C=C(C)CN(CCC(c1ccccc1)c1ccccc1O)C(C)Cc1ccccc1. The number of hydrogen-bond donors (Lipinski definition) is 1. The average Bonchev–Trinajstić information content (AvgIpc) is 2.75. The number of phenols is 1. The van der Waals surface area contributed by atoms with Gasteiger partial charge in [0.05, 0.1) is 0 Å². The molecule has 2 unspecified atom stereocenters. The Morgan fingerprint density at radius 2 is 1.50 bits per heavy atom. The van der Waals surface area contributed by atoms with E-state index in [2.05, 4.69) is 79.9 Å². The van der Waals surface area contributed by atoms with Crippen LogP contribution in [0.2, 0.25) is 0 Å². The quantitative estimate of drug-likeness (QED) is 0.397. The molecule has 2 atom stereocenters. The summed E-state index contributed by atoms with van der Waals surface area (Å²) < 4.78 is 0. The van der Waals surface area contributed by atoms with Crippen LogP contribution in [0.3, 0.4) is 0 Å². The van der Waals surface area contributed by atoms with Gasteiger partial charge in [0.1, 0.15) is 5.75 Å². The summed E-state index contributed by atoms with van der Waals surface area (Å²) >= 11 is 0. The molecule has 0 aliphatic rings. The molecule has 2 heteroatoms. The Morgan fingerprint density at radius 3 is 2.13 bits per heavy atom. The van der Waals surface area contributed by atoms with Gasteiger partial charge in [-0.25, -0.2) is 0 Å². The van der Waals surface area contributed by atoms with Gasteiger partial charge in [0.2, 0.25) is 0 Å². The minimum Gasteiger partial charge on any atom is -0.508 e. The number of benzene rings is 3. The van der Waals surface area contributed by atoms with E-state index in [0.29, 0.717) is 11.8 Å². The number of para-hydroxylation sites is 1. The summed E-state index contributed by atoms with van der Waals surface area (Å²) in [4.78, 5) is 2.52. The van der Waals surface area contributed by atoms with E-state index < -0.39 is 0 Å². The van der Waals surface area contributed by atoms with Crippen LogP contribution in [0.1, 0.15) is 42.9 Å². The van der Waals surface area contributed by atoms with E-state index in [9.17, 15) is 5.11 Å². The third-order valence-corrected chi connectivity index (χ3v) is 5.69. The summed E-state index contributed by atoms with van der Waals surface area (Å²) in [6, 6.07) is 29.3. The first-order chi connectivity index (χ1) is 14.5. The first-order valence-electron chi connectivity index (χ1n) is 10.8. The first-order valence-corrected chi connectivity index (χ1v) is 10.8. The van der Waals surface area contributed by atoms with E-state index in [0.717, 1.165) is 31.5 Å². The van der Waals surface area contributed by atoms with E-state index in [4.69, 9.17) is 0 Å². The summed E-state index contributed by atoms with van der Waals surface area (Å²) in [7, 11) is 0. The molecular weight excluding hydrogens is 366 g/mol. The van der Waals surface area contributed by atoms with Crippen molar-refractivity contribution in [1.82, 2.24) is 4.90 Å². The Kier molecular flexibility index (Phi) is 7.87. The molecule has 0 aliphatic carbocycles.